The second-order valence-electron chi connectivity index (χ2n) is 5.31. The molecule has 3 rings (SSSR count). The molecule has 5 nitrogen and oxygen atoms in total. The van der Waals surface area contributed by atoms with Crippen LogP contribution in [0.25, 0.3) is 22.6 Å². The molecule has 0 bridgehead atoms. The number of methoxy groups -OCH3 is 1. The van der Waals surface area contributed by atoms with Crippen LogP contribution in [0.2, 0.25) is 0 Å². The summed E-state index contributed by atoms with van der Waals surface area (Å²) in [6.07, 6.45) is 0. The van der Waals surface area contributed by atoms with Crippen molar-refractivity contribution in [1.82, 2.24) is 9.97 Å². The molecule has 23 heavy (non-hydrogen) atoms. The number of aromatic nitrogens is 2. The average Bonchev–Trinajstić information content (AvgIpc) is 2.54. The van der Waals surface area contributed by atoms with Crippen LogP contribution in [0.5, 0.6) is 5.75 Å². The number of aryl methyl sites for hydroxylation is 1. The van der Waals surface area contributed by atoms with Crippen molar-refractivity contribution < 1.29 is 4.74 Å². The standard InChI is InChI=1S/C18H17N3O2/c1-11-4-3-5-13(8-11)18-20-15(10-17(22)21-18)12-6-7-16(23-2)14(19)9-12/h3-10H,19H2,1-2H3,(H,20,21,22). The second-order valence-corrected chi connectivity index (χ2v) is 5.31. The van der Waals surface area contributed by atoms with E-state index in [2.05, 4.69) is 9.97 Å². The number of ether oxygens (including phenoxy) is 1. The number of rotatable bonds is 3. The lowest BCUT2D eigenvalue weighted by Gasteiger charge is -2.08. The quantitative estimate of drug-likeness (QED) is 0.729. The molecule has 2 aromatic carbocycles. The maximum atomic E-state index is 12.0. The molecule has 0 atom stereocenters. The second kappa shape index (κ2) is 5.96. The summed E-state index contributed by atoms with van der Waals surface area (Å²) in [6.45, 7) is 2.00. The highest BCUT2D eigenvalue weighted by molar-refractivity contribution is 5.69. The number of nitrogen functional groups attached to an aromatic ring is 1. The van der Waals surface area contributed by atoms with Crippen molar-refractivity contribution in [3.8, 4) is 28.4 Å². The van der Waals surface area contributed by atoms with Gasteiger partial charge in [0, 0.05) is 17.2 Å². The third-order valence-electron chi connectivity index (χ3n) is 3.56. The van der Waals surface area contributed by atoms with E-state index in [4.69, 9.17) is 10.5 Å². The highest BCUT2D eigenvalue weighted by atomic mass is 16.5. The van der Waals surface area contributed by atoms with Crippen LogP contribution in [-0.2, 0) is 0 Å². The number of anilines is 1. The van der Waals surface area contributed by atoms with Crippen LogP contribution in [0.1, 0.15) is 5.56 Å². The molecular formula is C18H17N3O2. The lowest BCUT2D eigenvalue weighted by Crippen LogP contribution is -2.08. The van der Waals surface area contributed by atoms with Gasteiger partial charge in [-0.1, -0.05) is 23.8 Å². The van der Waals surface area contributed by atoms with Crippen LogP contribution < -0.4 is 16.0 Å². The van der Waals surface area contributed by atoms with Gasteiger partial charge in [0.15, 0.2) is 0 Å². The predicted molar refractivity (Wildman–Crippen MR) is 91.4 cm³/mol. The summed E-state index contributed by atoms with van der Waals surface area (Å²) < 4.78 is 5.15. The molecule has 0 aliphatic carbocycles. The van der Waals surface area contributed by atoms with E-state index in [0.717, 1.165) is 16.7 Å². The van der Waals surface area contributed by atoms with Crippen LogP contribution in [0.3, 0.4) is 0 Å². The summed E-state index contributed by atoms with van der Waals surface area (Å²) in [6, 6.07) is 14.6. The molecule has 3 aromatic rings. The molecule has 0 fully saturated rings. The molecule has 0 saturated heterocycles. The van der Waals surface area contributed by atoms with Crippen molar-refractivity contribution in [2.24, 2.45) is 0 Å². The Morgan fingerprint density at radius 3 is 2.61 bits per heavy atom. The summed E-state index contributed by atoms with van der Waals surface area (Å²) in [5, 5.41) is 0. The minimum atomic E-state index is -0.208. The highest BCUT2D eigenvalue weighted by Gasteiger charge is 2.08. The van der Waals surface area contributed by atoms with Crippen molar-refractivity contribution in [2.75, 3.05) is 12.8 Å². The van der Waals surface area contributed by atoms with E-state index in [1.165, 1.54) is 6.07 Å². The number of nitrogens with two attached hydrogens (primary N) is 1. The average molecular weight is 307 g/mol. The fourth-order valence-corrected chi connectivity index (χ4v) is 2.43. The van der Waals surface area contributed by atoms with Crippen molar-refractivity contribution in [1.29, 1.82) is 0 Å². The van der Waals surface area contributed by atoms with Gasteiger partial charge >= 0.3 is 0 Å². The van der Waals surface area contributed by atoms with Crippen LogP contribution in [0.4, 0.5) is 5.69 Å². The number of H-pyrrole nitrogens is 1. The fourth-order valence-electron chi connectivity index (χ4n) is 2.43. The van der Waals surface area contributed by atoms with Gasteiger partial charge in [0.05, 0.1) is 18.5 Å². The first-order chi connectivity index (χ1) is 11.1. The Bertz CT molecular complexity index is 916. The molecule has 0 aliphatic rings. The van der Waals surface area contributed by atoms with Gasteiger partial charge in [-0.3, -0.25) is 4.79 Å². The first kappa shape index (κ1) is 14.8. The maximum absolute atomic E-state index is 12.0. The summed E-state index contributed by atoms with van der Waals surface area (Å²) in [5.41, 5.74) is 9.54. The number of hydrogen-bond donors (Lipinski definition) is 2. The highest BCUT2D eigenvalue weighted by Crippen LogP contribution is 2.27. The number of aromatic amines is 1. The molecule has 1 aromatic heterocycles. The van der Waals surface area contributed by atoms with Gasteiger partial charge in [-0.25, -0.2) is 4.98 Å². The van der Waals surface area contributed by atoms with Crippen molar-refractivity contribution in [3.05, 3.63) is 64.4 Å². The minimum Gasteiger partial charge on any atom is -0.495 e. The zero-order valence-electron chi connectivity index (χ0n) is 13.0. The fraction of sp³-hybridized carbons (Fsp3) is 0.111. The van der Waals surface area contributed by atoms with Gasteiger partial charge in [0.1, 0.15) is 11.6 Å². The largest absolute Gasteiger partial charge is 0.495 e. The Hall–Kier alpha value is -3.08. The summed E-state index contributed by atoms with van der Waals surface area (Å²) in [7, 11) is 1.56. The Labute approximate surface area is 133 Å². The van der Waals surface area contributed by atoms with E-state index in [1.807, 2.05) is 37.3 Å². The predicted octanol–water partition coefficient (Wildman–Crippen LogP) is 3.00. The van der Waals surface area contributed by atoms with E-state index < -0.39 is 0 Å². The smallest absolute Gasteiger partial charge is 0.251 e. The van der Waals surface area contributed by atoms with Crippen molar-refractivity contribution in [2.45, 2.75) is 6.92 Å². The number of hydrogen-bond acceptors (Lipinski definition) is 4. The first-order valence-electron chi connectivity index (χ1n) is 7.19. The van der Waals surface area contributed by atoms with Crippen molar-refractivity contribution in [3.63, 3.8) is 0 Å². The topological polar surface area (TPSA) is 81.0 Å². The Kier molecular flexibility index (Phi) is 3.85. The summed E-state index contributed by atoms with van der Waals surface area (Å²) >= 11 is 0. The van der Waals surface area contributed by atoms with E-state index >= 15 is 0 Å². The van der Waals surface area contributed by atoms with E-state index in [-0.39, 0.29) is 5.56 Å². The van der Waals surface area contributed by atoms with E-state index in [9.17, 15) is 4.79 Å². The molecular weight excluding hydrogens is 290 g/mol. The molecule has 0 radical (unpaired) electrons. The van der Waals surface area contributed by atoms with Gasteiger partial charge < -0.3 is 15.5 Å². The van der Waals surface area contributed by atoms with Crippen LogP contribution in [-0.4, -0.2) is 17.1 Å². The van der Waals surface area contributed by atoms with Gasteiger partial charge in [0.2, 0.25) is 0 Å². The van der Waals surface area contributed by atoms with E-state index in [1.54, 1.807) is 19.2 Å². The van der Waals surface area contributed by atoms with Gasteiger partial charge in [-0.2, -0.15) is 0 Å². The van der Waals surface area contributed by atoms with Crippen LogP contribution in [0.15, 0.2) is 53.3 Å². The molecule has 5 heteroatoms. The van der Waals surface area contributed by atoms with Crippen LogP contribution in [0, 0.1) is 6.92 Å². The SMILES string of the molecule is COc1ccc(-c2cc(=O)[nH]c(-c3cccc(C)c3)n2)cc1N. The molecule has 0 saturated carbocycles. The molecule has 3 N–H and O–H groups in total. The van der Waals surface area contributed by atoms with Gasteiger partial charge in [-0.05, 0) is 31.2 Å². The third-order valence-corrected chi connectivity index (χ3v) is 3.56. The summed E-state index contributed by atoms with van der Waals surface area (Å²) in [5.74, 6) is 1.13. The normalized spacial score (nSPS) is 10.5. The van der Waals surface area contributed by atoms with Gasteiger partial charge in [-0.15, -0.1) is 0 Å². The number of benzene rings is 2. The number of nitrogens with one attached hydrogen (secondary N) is 1. The number of nitrogens with zero attached hydrogens (tertiary/aromatic N) is 1. The summed E-state index contributed by atoms with van der Waals surface area (Å²) in [4.78, 5) is 19.3. The molecule has 0 unspecified atom stereocenters. The molecule has 0 amide bonds. The lowest BCUT2D eigenvalue weighted by atomic mass is 10.1. The molecule has 116 valence electrons. The van der Waals surface area contributed by atoms with Crippen LogP contribution >= 0.6 is 0 Å². The Morgan fingerprint density at radius 2 is 1.91 bits per heavy atom. The third kappa shape index (κ3) is 3.08. The lowest BCUT2D eigenvalue weighted by molar-refractivity contribution is 0.417. The molecule has 1 heterocycles. The zero-order valence-corrected chi connectivity index (χ0v) is 13.0. The first-order valence-corrected chi connectivity index (χ1v) is 7.19. The Morgan fingerprint density at radius 1 is 1.09 bits per heavy atom. The minimum absolute atomic E-state index is 0.208. The zero-order chi connectivity index (χ0) is 16.4. The van der Waals surface area contributed by atoms with E-state index in [0.29, 0.717) is 23.0 Å². The van der Waals surface area contributed by atoms with Gasteiger partial charge in [0.25, 0.3) is 5.56 Å². The Balaban J connectivity index is 2.11. The monoisotopic (exact) mass is 307 g/mol. The maximum Gasteiger partial charge on any atom is 0.251 e. The molecule has 0 aliphatic heterocycles. The van der Waals surface area contributed by atoms with Crippen molar-refractivity contribution >= 4 is 5.69 Å². The molecule has 0 spiro atoms.